The van der Waals surface area contributed by atoms with Gasteiger partial charge in [-0.25, -0.2) is 0 Å². The fraction of sp³-hybridized carbons (Fsp3) is 0.0714. The highest BCUT2D eigenvalue weighted by atomic mass is 35.5. The third kappa shape index (κ3) is 6.01. The highest BCUT2D eigenvalue weighted by Crippen LogP contribution is 2.34. The van der Waals surface area contributed by atoms with E-state index in [1.807, 2.05) is 24.3 Å². The standard InChI is InChI=1S/C28H20Cl2N4O4S/c29-18-9-11-19(12-10-18)31-25(35)15-33-14-17(20-5-1-4-8-23(20)33)13-24-27(37)34(28(38)39-24)16-26(36)32-22-7-3-2-6-21(22)30/h1-14H,15-16H2,(H,31,35)(H,32,36)/b24-13+. The second-order valence-corrected chi connectivity index (χ2v) is 10.4. The minimum absolute atomic E-state index is 0.0284. The number of carbonyl (C=O) groups is 4. The van der Waals surface area contributed by atoms with Crippen molar-refractivity contribution in [2.45, 2.75) is 6.54 Å². The molecular weight excluding hydrogens is 559 g/mol. The van der Waals surface area contributed by atoms with Crippen LogP contribution in [0.5, 0.6) is 0 Å². The molecule has 0 aliphatic carbocycles. The van der Waals surface area contributed by atoms with E-state index in [-0.39, 0.29) is 17.4 Å². The Labute approximate surface area is 237 Å². The molecule has 3 aromatic carbocycles. The lowest BCUT2D eigenvalue weighted by Crippen LogP contribution is -2.36. The Morgan fingerprint density at radius 3 is 2.31 bits per heavy atom. The van der Waals surface area contributed by atoms with E-state index >= 15 is 0 Å². The number of fused-ring (bicyclic) bond motifs is 1. The summed E-state index contributed by atoms with van der Waals surface area (Å²) in [5, 5.41) is 6.62. The van der Waals surface area contributed by atoms with Crippen molar-refractivity contribution < 1.29 is 19.2 Å². The van der Waals surface area contributed by atoms with Crippen molar-refractivity contribution in [3.05, 3.63) is 99.5 Å². The quantitative estimate of drug-likeness (QED) is 0.252. The van der Waals surface area contributed by atoms with Gasteiger partial charge in [0.1, 0.15) is 13.1 Å². The smallest absolute Gasteiger partial charge is 0.294 e. The van der Waals surface area contributed by atoms with E-state index in [9.17, 15) is 19.2 Å². The molecule has 4 amide bonds. The largest absolute Gasteiger partial charge is 0.337 e. The van der Waals surface area contributed by atoms with Crippen molar-refractivity contribution in [3.63, 3.8) is 0 Å². The van der Waals surface area contributed by atoms with Gasteiger partial charge in [-0.05, 0) is 60.3 Å². The van der Waals surface area contributed by atoms with Crippen LogP contribution in [0, 0.1) is 0 Å². The minimum atomic E-state index is -0.573. The van der Waals surface area contributed by atoms with Crippen molar-refractivity contribution in [3.8, 4) is 0 Å². The van der Waals surface area contributed by atoms with Crippen LogP contribution in [0.2, 0.25) is 10.0 Å². The Bertz CT molecular complexity index is 1650. The molecule has 1 aliphatic rings. The summed E-state index contributed by atoms with van der Waals surface area (Å²) in [6, 6.07) is 20.9. The summed E-state index contributed by atoms with van der Waals surface area (Å²) in [6.45, 7) is -0.416. The van der Waals surface area contributed by atoms with Gasteiger partial charge in [-0.2, -0.15) is 0 Å². The molecule has 1 saturated heterocycles. The highest BCUT2D eigenvalue weighted by molar-refractivity contribution is 8.18. The molecule has 0 saturated carbocycles. The molecule has 39 heavy (non-hydrogen) atoms. The van der Waals surface area contributed by atoms with Crippen molar-refractivity contribution in [1.29, 1.82) is 0 Å². The molecule has 5 rings (SSSR count). The van der Waals surface area contributed by atoms with Gasteiger partial charge in [0.2, 0.25) is 11.8 Å². The number of amides is 4. The maximum atomic E-state index is 13.1. The van der Waals surface area contributed by atoms with Crippen LogP contribution in [0.3, 0.4) is 0 Å². The summed E-state index contributed by atoms with van der Waals surface area (Å²) in [6.07, 6.45) is 3.36. The maximum Gasteiger partial charge on any atom is 0.294 e. The van der Waals surface area contributed by atoms with Gasteiger partial charge in [0.25, 0.3) is 11.1 Å². The monoisotopic (exact) mass is 578 g/mol. The summed E-state index contributed by atoms with van der Waals surface area (Å²) >= 11 is 12.7. The number of hydrogen-bond donors (Lipinski definition) is 2. The zero-order valence-electron chi connectivity index (χ0n) is 20.2. The van der Waals surface area contributed by atoms with Crippen LogP contribution in [0.4, 0.5) is 16.2 Å². The molecule has 0 spiro atoms. The van der Waals surface area contributed by atoms with Gasteiger partial charge in [0, 0.05) is 33.4 Å². The number of anilines is 2. The molecular formula is C28H20Cl2N4O4S. The molecule has 0 radical (unpaired) electrons. The van der Waals surface area contributed by atoms with Crippen molar-refractivity contribution in [2.75, 3.05) is 17.2 Å². The average molecular weight is 579 g/mol. The van der Waals surface area contributed by atoms with Crippen LogP contribution in [0.25, 0.3) is 17.0 Å². The Kier molecular flexibility index (Phi) is 7.74. The van der Waals surface area contributed by atoms with Gasteiger partial charge in [-0.3, -0.25) is 24.1 Å². The summed E-state index contributed by atoms with van der Waals surface area (Å²) in [5.41, 5.74) is 2.46. The molecule has 0 unspecified atom stereocenters. The number of hydrogen-bond acceptors (Lipinski definition) is 5. The third-order valence-electron chi connectivity index (χ3n) is 5.87. The maximum absolute atomic E-state index is 13.1. The summed E-state index contributed by atoms with van der Waals surface area (Å²) < 4.78 is 1.77. The molecule has 2 N–H and O–H groups in total. The molecule has 1 aromatic heterocycles. The number of halogens is 2. The SMILES string of the molecule is O=C(Cn1cc(/C=C2/SC(=O)N(CC(=O)Nc3ccccc3Cl)C2=O)c2ccccc21)Nc1ccc(Cl)cc1. The van der Waals surface area contributed by atoms with Gasteiger partial charge in [-0.15, -0.1) is 0 Å². The Morgan fingerprint density at radius 1 is 0.846 bits per heavy atom. The van der Waals surface area contributed by atoms with Gasteiger partial charge >= 0.3 is 0 Å². The number of carbonyl (C=O) groups excluding carboxylic acids is 4. The van der Waals surface area contributed by atoms with Crippen molar-refractivity contribution in [1.82, 2.24) is 9.47 Å². The molecule has 2 heterocycles. The van der Waals surface area contributed by atoms with Gasteiger partial charge in [0.15, 0.2) is 0 Å². The van der Waals surface area contributed by atoms with E-state index in [0.29, 0.717) is 27.0 Å². The first-order valence-electron chi connectivity index (χ1n) is 11.7. The first-order valence-corrected chi connectivity index (χ1v) is 13.3. The van der Waals surface area contributed by atoms with Gasteiger partial charge in [0.05, 0.1) is 15.6 Å². The zero-order chi connectivity index (χ0) is 27.5. The lowest BCUT2D eigenvalue weighted by molar-refractivity contribution is -0.127. The number of imide groups is 1. The number of aromatic nitrogens is 1. The number of nitrogens with one attached hydrogen (secondary N) is 2. The van der Waals surface area contributed by atoms with Gasteiger partial charge < -0.3 is 15.2 Å². The topological polar surface area (TPSA) is 101 Å². The number of nitrogens with zero attached hydrogens (tertiary/aromatic N) is 2. The predicted octanol–water partition coefficient (Wildman–Crippen LogP) is 6.26. The van der Waals surface area contributed by atoms with Crippen LogP contribution in [-0.2, 0) is 20.9 Å². The average Bonchev–Trinajstić information content (AvgIpc) is 3.38. The second-order valence-electron chi connectivity index (χ2n) is 8.58. The molecule has 11 heteroatoms. The molecule has 1 aliphatic heterocycles. The van der Waals surface area contributed by atoms with Crippen molar-refractivity contribution in [2.24, 2.45) is 0 Å². The molecule has 196 valence electrons. The predicted molar refractivity (Wildman–Crippen MR) is 155 cm³/mol. The van der Waals surface area contributed by atoms with Gasteiger partial charge in [-0.1, -0.05) is 53.5 Å². The molecule has 8 nitrogen and oxygen atoms in total. The van der Waals surface area contributed by atoms with Crippen LogP contribution < -0.4 is 10.6 Å². The minimum Gasteiger partial charge on any atom is -0.337 e. The lowest BCUT2D eigenvalue weighted by atomic mass is 10.1. The Hall–Kier alpha value is -4.05. The lowest BCUT2D eigenvalue weighted by Gasteiger charge is -2.13. The van der Waals surface area contributed by atoms with Crippen LogP contribution in [0.15, 0.2) is 83.9 Å². The van der Waals surface area contributed by atoms with Crippen LogP contribution in [0.1, 0.15) is 5.56 Å². The zero-order valence-corrected chi connectivity index (χ0v) is 22.5. The second kappa shape index (κ2) is 11.4. The first kappa shape index (κ1) is 26.6. The number of benzene rings is 3. The summed E-state index contributed by atoms with van der Waals surface area (Å²) in [5.74, 6) is -1.36. The normalized spacial score (nSPS) is 14.3. The van der Waals surface area contributed by atoms with E-state index in [2.05, 4.69) is 10.6 Å². The number of rotatable bonds is 7. The fourth-order valence-electron chi connectivity index (χ4n) is 4.08. The molecule has 0 atom stereocenters. The van der Waals surface area contributed by atoms with E-state index < -0.39 is 23.6 Å². The van der Waals surface area contributed by atoms with E-state index in [1.54, 1.807) is 65.4 Å². The third-order valence-corrected chi connectivity index (χ3v) is 7.36. The number of thioether (sulfide) groups is 1. The Balaban J connectivity index is 1.33. The summed E-state index contributed by atoms with van der Waals surface area (Å²) in [7, 11) is 0. The molecule has 1 fully saturated rings. The fourth-order valence-corrected chi connectivity index (χ4v) is 5.22. The number of para-hydroxylation sites is 2. The van der Waals surface area contributed by atoms with E-state index in [1.165, 1.54) is 0 Å². The Morgan fingerprint density at radius 2 is 1.54 bits per heavy atom. The van der Waals surface area contributed by atoms with E-state index in [0.717, 1.165) is 27.6 Å². The highest BCUT2D eigenvalue weighted by Gasteiger charge is 2.36. The van der Waals surface area contributed by atoms with Crippen LogP contribution in [-0.4, -0.2) is 39.0 Å². The first-order chi connectivity index (χ1) is 18.8. The van der Waals surface area contributed by atoms with Crippen LogP contribution >= 0.6 is 35.0 Å². The summed E-state index contributed by atoms with van der Waals surface area (Å²) in [4.78, 5) is 52.0. The van der Waals surface area contributed by atoms with E-state index in [4.69, 9.17) is 23.2 Å². The molecule has 4 aromatic rings. The molecule has 0 bridgehead atoms. The van der Waals surface area contributed by atoms with Crippen molar-refractivity contribution >= 4 is 86.3 Å².